The van der Waals surface area contributed by atoms with E-state index in [0.717, 1.165) is 16.8 Å². The van der Waals surface area contributed by atoms with Gasteiger partial charge in [-0.3, -0.25) is 5.10 Å². The van der Waals surface area contributed by atoms with Crippen molar-refractivity contribution in [1.29, 1.82) is 0 Å². The molecule has 0 radical (unpaired) electrons. The van der Waals surface area contributed by atoms with E-state index in [2.05, 4.69) is 10.2 Å². The monoisotopic (exact) mass is 307 g/mol. The van der Waals surface area contributed by atoms with Gasteiger partial charge in [0, 0.05) is 16.5 Å². The molecule has 1 aromatic carbocycles. The van der Waals surface area contributed by atoms with E-state index in [1.165, 1.54) is 12.1 Å². The van der Waals surface area contributed by atoms with Crippen molar-refractivity contribution in [3.05, 3.63) is 45.4 Å². The number of nitrogen functional groups attached to an aromatic ring is 1. The largest absolute Gasteiger partial charge is 0.382 e. The molecule has 0 amide bonds. The summed E-state index contributed by atoms with van der Waals surface area (Å²) in [5.41, 5.74) is 10.3. The predicted octanol–water partition coefficient (Wildman–Crippen LogP) is 4.49. The summed E-state index contributed by atoms with van der Waals surface area (Å²) >= 11 is 7.73. The van der Waals surface area contributed by atoms with Gasteiger partial charge in [-0.25, -0.2) is 4.39 Å². The van der Waals surface area contributed by atoms with Crippen molar-refractivity contribution in [1.82, 2.24) is 10.2 Å². The summed E-state index contributed by atoms with van der Waals surface area (Å²) in [5.74, 6) is -0.0341. The van der Waals surface area contributed by atoms with Crippen LogP contribution >= 0.6 is 22.9 Å². The van der Waals surface area contributed by atoms with Crippen LogP contribution in [-0.2, 0) is 0 Å². The molecule has 2 heterocycles. The molecule has 0 aliphatic heterocycles. The Morgan fingerprint density at radius 2 is 2.10 bits per heavy atom. The number of anilines is 1. The number of aromatic amines is 1. The van der Waals surface area contributed by atoms with Crippen molar-refractivity contribution in [3.8, 4) is 22.4 Å². The van der Waals surface area contributed by atoms with E-state index >= 15 is 0 Å². The quantitative estimate of drug-likeness (QED) is 0.733. The SMILES string of the molecule is Cc1cscc1-c1[nH]nc(N)c1-c1ccc(F)cc1Cl. The van der Waals surface area contributed by atoms with Crippen LogP contribution in [0.25, 0.3) is 22.4 Å². The summed E-state index contributed by atoms with van der Waals surface area (Å²) < 4.78 is 13.2. The number of nitrogens with one attached hydrogen (secondary N) is 1. The van der Waals surface area contributed by atoms with Gasteiger partial charge in [0.25, 0.3) is 0 Å². The smallest absolute Gasteiger partial charge is 0.153 e. The van der Waals surface area contributed by atoms with Crippen LogP contribution in [0.5, 0.6) is 0 Å². The van der Waals surface area contributed by atoms with Gasteiger partial charge >= 0.3 is 0 Å². The maximum absolute atomic E-state index is 13.2. The highest BCUT2D eigenvalue weighted by molar-refractivity contribution is 7.08. The predicted molar refractivity (Wildman–Crippen MR) is 81.5 cm³/mol. The molecule has 3 rings (SSSR count). The van der Waals surface area contributed by atoms with Gasteiger partial charge in [0.2, 0.25) is 0 Å². The van der Waals surface area contributed by atoms with Crippen LogP contribution in [0.4, 0.5) is 10.2 Å². The Bertz CT molecular complexity index is 779. The standard InChI is InChI=1S/C14H11ClFN3S/c1-7-5-20-6-10(7)13-12(14(17)19-18-13)9-3-2-8(16)4-11(9)15/h2-6H,1H3,(H3,17,18,19). The number of thiophene rings is 1. The Balaban J connectivity index is 2.24. The minimum absolute atomic E-state index is 0.312. The normalized spacial score (nSPS) is 10.9. The minimum Gasteiger partial charge on any atom is -0.382 e. The lowest BCUT2D eigenvalue weighted by Crippen LogP contribution is -1.90. The van der Waals surface area contributed by atoms with Crippen molar-refractivity contribution in [2.45, 2.75) is 6.92 Å². The molecule has 6 heteroatoms. The summed E-state index contributed by atoms with van der Waals surface area (Å²) in [6.45, 7) is 2.01. The molecule has 3 nitrogen and oxygen atoms in total. The van der Waals surface area contributed by atoms with Crippen LogP contribution in [0.15, 0.2) is 29.0 Å². The van der Waals surface area contributed by atoms with Crippen LogP contribution in [-0.4, -0.2) is 10.2 Å². The van der Waals surface area contributed by atoms with Gasteiger partial charge in [0.15, 0.2) is 5.82 Å². The molecule has 0 bridgehead atoms. The zero-order valence-corrected chi connectivity index (χ0v) is 12.1. The van der Waals surface area contributed by atoms with Crippen molar-refractivity contribution in [2.24, 2.45) is 0 Å². The molecule has 2 aromatic heterocycles. The lowest BCUT2D eigenvalue weighted by Gasteiger charge is -2.07. The number of benzene rings is 1. The Morgan fingerprint density at radius 1 is 1.30 bits per heavy atom. The lowest BCUT2D eigenvalue weighted by atomic mass is 10.0. The molecule has 0 spiro atoms. The molecule has 0 saturated carbocycles. The Labute approximate surface area is 124 Å². The number of aromatic nitrogens is 2. The number of hydrogen-bond donors (Lipinski definition) is 2. The number of H-pyrrole nitrogens is 1. The lowest BCUT2D eigenvalue weighted by molar-refractivity contribution is 0.628. The van der Waals surface area contributed by atoms with Gasteiger partial charge in [-0.1, -0.05) is 11.6 Å². The van der Waals surface area contributed by atoms with Gasteiger partial charge in [0.05, 0.1) is 16.3 Å². The van der Waals surface area contributed by atoms with Crippen molar-refractivity contribution in [2.75, 3.05) is 5.73 Å². The average molecular weight is 308 g/mol. The Hall–Kier alpha value is -1.85. The maximum Gasteiger partial charge on any atom is 0.153 e. The second kappa shape index (κ2) is 4.92. The summed E-state index contributed by atoms with van der Waals surface area (Å²) in [5, 5.41) is 11.4. The van der Waals surface area contributed by atoms with Crippen molar-refractivity contribution < 1.29 is 4.39 Å². The van der Waals surface area contributed by atoms with E-state index in [1.54, 1.807) is 17.4 Å². The summed E-state index contributed by atoms with van der Waals surface area (Å²) in [4.78, 5) is 0. The summed E-state index contributed by atoms with van der Waals surface area (Å²) in [6.07, 6.45) is 0. The fraction of sp³-hybridized carbons (Fsp3) is 0.0714. The number of halogens is 2. The zero-order chi connectivity index (χ0) is 14.3. The van der Waals surface area contributed by atoms with Crippen molar-refractivity contribution in [3.63, 3.8) is 0 Å². The molecule has 0 atom stereocenters. The molecule has 20 heavy (non-hydrogen) atoms. The van der Waals surface area contributed by atoms with Gasteiger partial charge < -0.3 is 5.73 Å². The molecular weight excluding hydrogens is 297 g/mol. The van der Waals surface area contributed by atoms with Gasteiger partial charge in [-0.2, -0.15) is 16.4 Å². The average Bonchev–Trinajstić information content (AvgIpc) is 2.96. The highest BCUT2D eigenvalue weighted by Gasteiger charge is 2.19. The van der Waals surface area contributed by atoms with Crippen LogP contribution in [0, 0.1) is 12.7 Å². The fourth-order valence-electron chi connectivity index (χ4n) is 2.13. The molecule has 0 aliphatic rings. The van der Waals surface area contributed by atoms with E-state index in [4.69, 9.17) is 17.3 Å². The number of nitrogens with zero attached hydrogens (tertiary/aromatic N) is 1. The van der Waals surface area contributed by atoms with E-state index in [9.17, 15) is 4.39 Å². The molecule has 3 N–H and O–H groups in total. The van der Waals surface area contributed by atoms with Crippen LogP contribution in [0.2, 0.25) is 5.02 Å². The first kappa shape index (κ1) is 13.1. The fourth-order valence-corrected chi connectivity index (χ4v) is 3.23. The van der Waals surface area contributed by atoms with E-state index < -0.39 is 0 Å². The third-order valence-corrected chi connectivity index (χ3v) is 4.29. The van der Waals surface area contributed by atoms with E-state index in [1.807, 2.05) is 17.7 Å². The molecule has 0 aliphatic carbocycles. The highest BCUT2D eigenvalue weighted by Crippen LogP contribution is 2.40. The van der Waals surface area contributed by atoms with Crippen LogP contribution < -0.4 is 5.73 Å². The van der Waals surface area contributed by atoms with Crippen molar-refractivity contribution >= 4 is 28.8 Å². The first-order chi connectivity index (χ1) is 9.58. The van der Waals surface area contributed by atoms with Gasteiger partial charge in [0.1, 0.15) is 5.82 Å². The second-order valence-corrected chi connectivity index (χ2v) is 5.60. The number of hydrogen-bond acceptors (Lipinski definition) is 3. The third kappa shape index (κ3) is 2.09. The Kier molecular flexibility index (Phi) is 3.23. The number of aryl methyl sites for hydroxylation is 1. The molecule has 3 aromatic rings. The van der Waals surface area contributed by atoms with Crippen LogP contribution in [0.1, 0.15) is 5.56 Å². The minimum atomic E-state index is -0.380. The van der Waals surface area contributed by atoms with E-state index in [-0.39, 0.29) is 5.82 Å². The number of rotatable bonds is 2. The summed E-state index contributed by atoms with van der Waals surface area (Å²) in [6, 6.07) is 4.25. The molecule has 102 valence electrons. The molecule has 0 unspecified atom stereocenters. The molecular formula is C14H11ClFN3S. The van der Waals surface area contributed by atoms with Gasteiger partial charge in [-0.05, 0) is 36.1 Å². The third-order valence-electron chi connectivity index (χ3n) is 3.12. The molecule has 0 fully saturated rings. The zero-order valence-electron chi connectivity index (χ0n) is 10.6. The second-order valence-electron chi connectivity index (χ2n) is 4.45. The highest BCUT2D eigenvalue weighted by atomic mass is 35.5. The first-order valence-electron chi connectivity index (χ1n) is 5.90. The molecule has 0 saturated heterocycles. The Morgan fingerprint density at radius 3 is 2.75 bits per heavy atom. The number of nitrogens with two attached hydrogens (primary N) is 1. The maximum atomic E-state index is 13.2. The van der Waals surface area contributed by atoms with E-state index in [0.29, 0.717) is 22.0 Å². The first-order valence-corrected chi connectivity index (χ1v) is 7.22. The van der Waals surface area contributed by atoms with Gasteiger partial charge in [-0.15, -0.1) is 0 Å². The topological polar surface area (TPSA) is 54.7 Å². The van der Waals surface area contributed by atoms with Crippen LogP contribution in [0.3, 0.4) is 0 Å². The summed E-state index contributed by atoms with van der Waals surface area (Å²) in [7, 11) is 0.